The van der Waals surface area contributed by atoms with Crippen LogP contribution in [-0.4, -0.2) is 33.0 Å². The minimum atomic E-state index is -1.09. The molecule has 1 heterocycles. The summed E-state index contributed by atoms with van der Waals surface area (Å²) in [6, 6.07) is 14.4. The van der Waals surface area contributed by atoms with Crippen molar-refractivity contribution >= 4 is 17.6 Å². The van der Waals surface area contributed by atoms with Gasteiger partial charge in [0.1, 0.15) is 6.07 Å². The van der Waals surface area contributed by atoms with E-state index in [1.54, 1.807) is 31.2 Å². The highest BCUT2D eigenvalue weighted by Gasteiger charge is 2.24. The Labute approximate surface area is 174 Å². The molecule has 1 atom stereocenters. The van der Waals surface area contributed by atoms with Crippen LogP contribution in [-0.2, 0) is 9.53 Å². The fraction of sp³-hybridized carbons (Fsp3) is 0.227. The molecule has 0 saturated heterocycles. The van der Waals surface area contributed by atoms with Crippen molar-refractivity contribution in [2.45, 2.75) is 33.8 Å². The molecule has 0 radical (unpaired) electrons. The van der Waals surface area contributed by atoms with Gasteiger partial charge in [-0.2, -0.15) is 15.2 Å². The summed E-state index contributed by atoms with van der Waals surface area (Å²) in [5.74, 6) is -1.30. The zero-order valence-electron chi connectivity index (χ0n) is 17.1. The van der Waals surface area contributed by atoms with Crippen molar-refractivity contribution in [3.05, 3.63) is 70.5 Å². The third-order valence-corrected chi connectivity index (χ3v) is 4.50. The largest absolute Gasteiger partial charge is 0.448 e. The lowest BCUT2D eigenvalue weighted by Crippen LogP contribution is -2.30. The number of ether oxygens (including phenoxy) is 1. The Morgan fingerprint density at radius 3 is 2.57 bits per heavy atom. The molecule has 0 saturated carbocycles. The number of hydrogen-bond acceptors (Lipinski definition) is 6. The van der Waals surface area contributed by atoms with Crippen molar-refractivity contribution in [1.82, 2.24) is 15.0 Å². The third-order valence-electron chi connectivity index (χ3n) is 4.50. The molecule has 8 heteroatoms. The van der Waals surface area contributed by atoms with E-state index in [0.717, 1.165) is 16.8 Å². The lowest BCUT2D eigenvalue weighted by atomic mass is 10.1. The van der Waals surface area contributed by atoms with Crippen molar-refractivity contribution in [3.8, 4) is 11.8 Å². The van der Waals surface area contributed by atoms with Crippen LogP contribution < -0.4 is 5.32 Å². The molecule has 0 spiro atoms. The number of carbonyl (C=O) groups excluding carboxylic acids is 2. The molecule has 0 aliphatic carbocycles. The number of amides is 1. The molecule has 1 aromatic heterocycles. The predicted octanol–water partition coefficient (Wildman–Crippen LogP) is 3.25. The molecule has 0 bridgehead atoms. The monoisotopic (exact) mass is 403 g/mol. The number of esters is 1. The van der Waals surface area contributed by atoms with Crippen molar-refractivity contribution in [3.63, 3.8) is 0 Å². The molecule has 0 aliphatic rings. The first-order chi connectivity index (χ1) is 14.3. The quantitative estimate of drug-likeness (QED) is 0.655. The predicted molar refractivity (Wildman–Crippen MR) is 110 cm³/mol. The first kappa shape index (κ1) is 20.7. The van der Waals surface area contributed by atoms with E-state index in [9.17, 15) is 9.59 Å². The van der Waals surface area contributed by atoms with Gasteiger partial charge >= 0.3 is 5.97 Å². The summed E-state index contributed by atoms with van der Waals surface area (Å²) in [5.41, 5.74) is 3.92. The zero-order chi connectivity index (χ0) is 21.8. The number of aromatic nitrogens is 3. The summed E-state index contributed by atoms with van der Waals surface area (Å²) in [7, 11) is 0. The number of aryl methyl sites for hydroxylation is 3. The molecule has 0 aliphatic heterocycles. The number of rotatable bonds is 5. The van der Waals surface area contributed by atoms with E-state index in [2.05, 4.69) is 15.5 Å². The van der Waals surface area contributed by atoms with Gasteiger partial charge in [-0.3, -0.25) is 4.79 Å². The molecule has 152 valence electrons. The number of nitrogens with one attached hydrogen (secondary N) is 1. The average molecular weight is 403 g/mol. The lowest BCUT2D eigenvalue weighted by molar-refractivity contribution is -0.123. The fourth-order valence-electron chi connectivity index (χ4n) is 2.90. The second-order valence-electron chi connectivity index (χ2n) is 6.91. The Bertz CT molecular complexity index is 1160. The number of nitrogens with zero attached hydrogens (tertiary/aromatic N) is 4. The highest BCUT2D eigenvalue weighted by molar-refractivity contribution is 5.97. The number of anilines is 1. The van der Waals surface area contributed by atoms with E-state index in [-0.39, 0.29) is 5.69 Å². The van der Waals surface area contributed by atoms with Gasteiger partial charge in [0.05, 0.1) is 22.6 Å². The van der Waals surface area contributed by atoms with Crippen molar-refractivity contribution in [1.29, 1.82) is 5.26 Å². The maximum atomic E-state index is 12.6. The van der Waals surface area contributed by atoms with Gasteiger partial charge in [0.25, 0.3) is 5.91 Å². The van der Waals surface area contributed by atoms with E-state index in [1.807, 2.05) is 38.1 Å². The molecule has 0 fully saturated rings. The molecule has 3 rings (SSSR count). The van der Waals surface area contributed by atoms with Crippen molar-refractivity contribution in [2.75, 3.05) is 5.32 Å². The van der Waals surface area contributed by atoms with Crippen molar-refractivity contribution in [2.24, 2.45) is 0 Å². The first-order valence-electron chi connectivity index (χ1n) is 9.32. The minimum absolute atomic E-state index is 0.0343. The second-order valence-corrected chi connectivity index (χ2v) is 6.91. The molecular formula is C22H21N5O3. The molecule has 0 unspecified atom stereocenters. The molecule has 30 heavy (non-hydrogen) atoms. The van der Waals surface area contributed by atoms with E-state index < -0.39 is 18.0 Å². The van der Waals surface area contributed by atoms with Crippen LogP contribution in [0.15, 0.2) is 42.5 Å². The van der Waals surface area contributed by atoms with E-state index in [4.69, 9.17) is 10.00 Å². The van der Waals surface area contributed by atoms with E-state index >= 15 is 0 Å². The minimum Gasteiger partial charge on any atom is -0.448 e. The summed E-state index contributed by atoms with van der Waals surface area (Å²) >= 11 is 0. The number of hydrogen-bond donors (Lipinski definition) is 1. The van der Waals surface area contributed by atoms with E-state index in [0.29, 0.717) is 16.9 Å². The van der Waals surface area contributed by atoms with Crippen LogP contribution in [0.5, 0.6) is 0 Å². The summed E-state index contributed by atoms with van der Waals surface area (Å²) in [6.45, 7) is 7.02. The topological polar surface area (TPSA) is 110 Å². The highest BCUT2D eigenvalue weighted by atomic mass is 16.5. The van der Waals surface area contributed by atoms with Crippen LogP contribution in [0.25, 0.3) is 5.69 Å². The van der Waals surface area contributed by atoms with Crippen molar-refractivity contribution < 1.29 is 14.3 Å². The summed E-state index contributed by atoms with van der Waals surface area (Å²) < 4.78 is 5.27. The SMILES string of the molecule is Cc1ccc(-n2nc(C)c(C(=O)O[C@H](C)C(=O)Nc3ccccc3C#N)n2)c(C)c1. The molecule has 2 aromatic carbocycles. The summed E-state index contributed by atoms with van der Waals surface area (Å²) in [6.07, 6.45) is -1.09. The normalized spacial score (nSPS) is 11.4. The number of carbonyl (C=O) groups is 2. The number of benzene rings is 2. The Morgan fingerprint density at radius 1 is 1.13 bits per heavy atom. The lowest BCUT2D eigenvalue weighted by Gasteiger charge is -2.13. The standard InChI is InChI=1S/C22H21N5O3/c1-13-9-10-19(14(2)11-13)27-25-15(3)20(26-27)22(29)30-16(4)21(28)24-18-8-6-5-7-17(18)12-23/h5-11,16H,1-4H3,(H,24,28)/t16-/m1/s1. The number of nitriles is 1. The summed E-state index contributed by atoms with van der Waals surface area (Å²) in [4.78, 5) is 26.3. The fourth-order valence-corrected chi connectivity index (χ4v) is 2.90. The van der Waals surface area contributed by atoms with Crippen LogP contribution in [0, 0.1) is 32.1 Å². The van der Waals surface area contributed by atoms with Gasteiger partial charge in [-0.05, 0) is 51.5 Å². The maximum absolute atomic E-state index is 12.6. The highest BCUT2D eigenvalue weighted by Crippen LogP contribution is 2.17. The third kappa shape index (κ3) is 4.36. The molecule has 1 N–H and O–H groups in total. The Balaban J connectivity index is 1.73. The van der Waals surface area contributed by atoms with Gasteiger partial charge in [-0.15, -0.1) is 5.10 Å². The molecule has 1 amide bonds. The Hall–Kier alpha value is -3.99. The average Bonchev–Trinajstić information content (AvgIpc) is 3.09. The second kappa shape index (κ2) is 8.57. The molecular weight excluding hydrogens is 382 g/mol. The van der Waals surface area contributed by atoms with Crippen LogP contribution in [0.3, 0.4) is 0 Å². The Kier molecular flexibility index (Phi) is 5.93. The zero-order valence-corrected chi connectivity index (χ0v) is 17.1. The number of para-hydroxylation sites is 1. The molecule has 8 nitrogen and oxygen atoms in total. The van der Waals surface area contributed by atoms with Crippen LogP contribution in [0.2, 0.25) is 0 Å². The van der Waals surface area contributed by atoms with Gasteiger partial charge in [0.2, 0.25) is 0 Å². The van der Waals surface area contributed by atoms with Crippen LogP contribution >= 0.6 is 0 Å². The first-order valence-corrected chi connectivity index (χ1v) is 9.32. The van der Waals surface area contributed by atoms with Crippen LogP contribution in [0.1, 0.15) is 39.8 Å². The van der Waals surface area contributed by atoms with Gasteiger partial charge in [-0.1, -0.05) is 29.8 Å². The van der Waals surface area contributed by atoms with Gasteiger partial charge in [0.15, 0.2) is 11.8 Å². The maximum Gasteiger partial charge on any atom is 0.361 e. The summed E-state index contributed by atoms with van der Waals surface area (Å²) in [5, 5.41) is 20.3. The van der Waals surface area contributed by atoms with Gasteiger partial charge in [-0.25, -0.2) is 4.79 Å². The molecule has 3 aromatic rings. The van der Waals surface area contributed by atoms with Gasteiger partial charge < -0.3 is 10.1 Å². The Morgan fingerprint density at radius 2 is 1.87 bits per heavy atom. The smallest absolute Gasteiger partial charge is 0.361 e. The van der Waals surface area contributed by atoms with Crippen LogP contribution in [0.4, 0.5) is 5.69 Å². The van der Waals surface area contributed by atoms with Gasteiger partial charge in [0, 0.05) is 0 Å². The van der Waals surface area contributed by atoms with E-state index in [1.165, 1.54) is 11.7 Å².